The summed E-state index contributed by atoms with van der Waals surface area (Å²) in [7, 11) is -3.40. The van der Waals surface area contributed by atoms with E-state index in [0.717, 1.165) is 31.4 Å². The minimum atomic E-state index is -3.40. The van der Waals surface area contributed by atoms with Gasteiger partial charge in [-0.05, 0) is 56.3 Å². The lowest BCUT2D eigenvalue weighted by Gasteiger charge is -2.14. The van der Waals surface area contributed by atoms with Crippen molar-refractivity contribution >= 4 is 10.0 Å². The molecule has 20 heavy (non-hydrogen) atoms. The van der Waals surface area contributed by atoms with E-state index in [-0.39, 0.29) is 6.04 Å². The van der Waals surface area contributed by atoms with Crippen LogP contribution in [0.4, 0.5) is 0 Å². The molecule has 0 heterocycles. The second kappa shape index (κ2) is 6.70. The summed E-state index contributed by atoms with van der Waals surface area (Å²) >= 11 is 0. The summed E-state index contributed by atoms with van der Waals surface area (Å²) in [5.41, 5.74) is 1.00. The Bertz CT molecular complexity index is 539. The third kappa shape index (κ3) is 4.30. The van der Waals surface area contributed by atoms with Crippen molar-refractivity contribution in [1.29, 1.82) is 0 Å². The van der Waals surface area contributed by atoms with E-state index in [0.29, 0.717) is 17.4 Å². The first-order valence-corrected chi connectivity index (χ1v) is 8.83. The Morgan fingerprint density at radius 3 is 2.75 bits per heavy atom. The molecule has 0 aliphatic heterocycles. The SMILES string of the molecule is CCCNCc1cccc(S(=O)(=O)NC(C)C2CC2)c1. The summed E-state index contributed by atoms with van der Waals surface area (Å²) in [6.07, 6.45) is 3.33. The number of nitrogens with one attached hydrogen (secondary N) is 2. The third-order valence-electron chi connectivity index (χ3n) is 3.63. The molecule has 1 aromatic carbocycles. The maximum absolute atomic E-state index is 12.3. The molecule has 0 radical (unpaired) electrons. The molecule has 5 heteroatoms. The van der Waals surface area contributed by atoms with Gasteiger partial charge in [-0.3, -0.25) is 0 Å². The lowest BCUT2D eigenvalue weighted by atomic mass is 10.2. The zero-order valence-corrected chi connectivity index (χ0v) is 13.0. The van der Waals surface area contributed by atoms with Crippen LogP contribution >= 0.6 is 0 Å². The predicted molar refractivity (Wildman–Crippen MR) is 80.9 cm³/mol. The van der Waals surface area contributed by atoms with Crippen LogP contribution in [-0.4, -0.2) is 21.0 Å². The average molecular weight is 296 g/mol. The van der Waals surface area contributed by atoms with E-state index in [9.17, 15) is 8.42 Å². The highest BCUT2D eigenvalue weighted by atomic mass is 32.2. The highest BCUT2D eigenvalue weighted by Crippen LogP contribution is 2.33. The van der Waals surface area contributed by atoms with Crippen LogP contribution in [0.3, 0.4) is 0 Å². The van der Waals surface area contributed by atoms with Crippen molar-refractivity contribution in [3.05, 3.63) is 29.8 Å². The molecular weight excluding hydrogens is 272 g/mol. The average Bonchev–Trinajstić information content (AvgIpc) is 3.23. The smallest absolute Gasteiger partial charge is 0.240 e. The quantitative estimate of drug-likeness (QED) is 0.724. The largest absolute Gasteiger partial charge is 0.313 e. The third-order valence-corrected chi connectivity index (χ3v) is 5.19. The lowest BCUT2D eigenvalue weighted by molar-refractivity contribution is 0.538. The number of rotatable bonds is 8. The molecule has 0 saturated heterocycles. The van der Waals surface area contributed by atoms with Crippen LogP contribution in [0.5, 0.6) is 0 Å². The van der Waals surface area contributed by atoms with Crippen molar-refractivity contribution in [2.75, 3.05) is 6.54 Å². The van der Waals surface area contributed by atoms with Crippen molar-refractivity contribution in [2.45, 2.75) is 50.6 Å². The van der Waals surface area contributed by atoms with Gasteiger partial charge in [-0.1, -0.05) is 19.1 Å². The molecular formula is C15H24N2O2S. The number of hydrogen-bond acceptors (Lipinski definition) is 3. The second-order valence-electron chi connectivity index (χ2n) is 5.57. The first-order chi connectivity index (χ1) is 9.53. The van der Waals surface area contributed by atoms with Crippen molar-refractivity contribution in [2.24, 2.45) is 5.92 Å². The van der Waals surface area contributed by atoms with E-state index in [4.69, 9.17) is 0 Å². The van der Waals surface area contributed by atoms with E-state index < -0.39 is 10.0 Å². The van der Waals surface area contributed by atoms with Crippen LogP contribution in [0.25, 0.3) is 0 Å². The number of benzene rings is 1. The van der Waals surface area contributed by atoms with E-state index in [1.54, 1.807) is 18.2 Å². The molecule has 0 spiro atoms. The van der Waals surface area contributed by atoms with Crippen molar-refractivity contribution in [1.82, 2.24) is 10.0 Å². The lowest BCUT2D eigenvalue weighted by Crippen LogP contribution is -2.34. The molecule has 1 aliphatic carbocycles. The fourth-order valence-electron chi connectivity index (χ4n) is 2.24. The zero-order chi connectivity index (χ0) is 14.6. The molecule has 0 amide bonds. The summed E-state index contributed by atoms with van der Waals surface area (Å²) in [5, 5.41) is 3.28. The standard InChI is InChI=1S/C15H24N2O2S/c1-3-9-16-11-13-5-4-6-15(10-13)20(18,19)17-12(2)14-7-8-14/h4-6,10,12,14,16-17H,3,7-9,11H2,1-2H3. The Hall–Kier alpha value is -0.910. The predicted octanol–water partition coefficient (Wildman–Crippen LogP) is 2.26. The zero-order valence-electron chi connectivity index (χ0n) is 12.2. The summed E-state index contributed by atoms with van der Waals surface area (Å²) in [6, 6.07) is 7.20. The molecule has 1 saturated carbocycles. The van der Waals surface area contributed by atoms with Gasteiger partial charge >= 0.3 is 0 Å². The summed E-state index contributed by atoms with van der Waals surface area (Å²) in [4.78, 5) is 0.362. The van der Waals surface area contributed by atoms with Gasteiger partial charge in [0.15, 0.2) is 0 Å². The van der Waals surface area contributed by atoms with Crippen LogP contribution in [0.1, 0.15) is 38.7 Å². The molecule has 1 unspecified atom stereocenters. The monoisotopic (exact) mass is 296 g/mol. The molecule has 2 N–H and O–H groups in total. The van der Waals surface area contributed by atoms with Gasteiger partial charge in [0.25, 0.3) is 0 Å². The van der Waals surface area contributed by atoms with Crippen molar-refractivity contribution in [3.63, 3.8) is 0 Å². The Morgan fingerprint density at radius 1 is 1.35 bits per heavy atom. The van der Waals surface area contributed by atoms with Crippen LogP contribution in [-0.2, 0) is 16.6 Å². The van der Waals surface area contributed by atoms with E-state index in [1.165, 1.54) is 0 Å². The first kappa shape index (κ1) is 15.5. The van der Waals surface area contributed by atoms with Gasteiger partial charge in [0.05, 0.1) is 4.90 Å². The van der Waals surface area contributed by atoms with Gasteiger partial charge in [-0.2, -0.15) is 0 Å². The molecule has 0 bridgehead atoms. The molecule has 1 aliphatic rings. The van der Waals surface area contributed by atoms with E-state index in [1.807, 2.05) is 13.0 Å². The fourth-order valence-corrected chi connectivity index (χ4v) is 3.62. The number of sulfonamides is 1. The first-order valence-electron chi connectivity index (χ1n) is 7.35. The fraction of sp³-hybridized carbons (Fsp3) is 0.600. The van der Waals surface area contributed by atoms with Crippen LogP contribution in [0.15, 0.2) is 29.2 Å². The molecule has 1 fully saturated rings. The van der Waals surface area contributed by atoms with Gasteiger partial charge < -0.3 is 5.32 Å². The summed E-state index contributed by atoms with van der Waals surface area (Å²) < 4.78 is 27.4. The molecule has 1 atom stereocenters. The van der Waals surface area contributed by atoms with Gasteiger partial charge in [-0.25, -0.2) is 13.1 Å². The minimum absolute atomic E-state index is 0.0295. The second-order valence-corrected chi connectivity index (χ2v) is 7.29. The molecule has 112 valence electrons. The van der Waals surface area contributed by atoms with Gasteiger partial charge in [0, 0.05) is 12.6 Å². The summed E-state index contributed by atoms with van der Waals surface area (Å²) in [5.74, 6) is 0.513. The van der Waals surface area contributed by atoms with E-state index >= 15 is 0 Å². The van der Waals surface area contributed by atoms with Crippen LogP contribution in [0.2, 0.25) is 0 Å². The minimum Gasteiger partial charge on any atom is -0.313 e. The Labute approximate surface area is 122 Å². The Morgan fingerprint density at radius 2 is 2.10 bits per heavy atom. The van der Waals surface area contributed by atoms with Crippen LogP contribution < -0.4 is 10.0 Å². The van der Waals surface area contributed by atoms with E-state index in [2.05, 4.69) is 17.0 Å². The van der Waals surface area contributed by atoms with Gasteiger partial charge in [-0.15, -0.1) is 0 Å². The molecule has 4 nitrogen and oxygen atoms in total. The maximum Gasteiger partial charge on any atom is 0.240 e. The van der Waals surface area contributed by atoms with Crippen molar-refractivity contribution in [3.8, 4) is 0 Å². The Kier molecular flexibility index (Phi) is 5.18. The Balaban J connectivity index is 2.04. The molecule has 1 aromatic rings. The summed E-state index contributed by atoms with van der Waals surface area (Å²) in [6.45, 7) is 5.70. The topological polar surface area (TPSA) is 58.2 Å². The van der Waals surface area contributed by atoms with Crippen LogP contribution in [0, 0.1) is 5.92 Å². The number of hydrogen-bond donors (Lipinski definition) is 2. The molecule has 0 aromatic heterocycles. The highest BCUT2D eigenvalue weighted by molar-refractivity contribution is 7.89. The molecule has 2 rings (SSSR count). The normalized spacial score (nSPS) is 17.1. The maximum atomic E-state index is 12.3. The highest BCUT2D eigenvalue weighted by Gasteiger charge is 2.31. The van der Waals surface area contributed by atoms with Gasteiger partial charge in [0.2, 0.25) is 10.0 Å². The van der Waals surface area contributed by atoms with Crippen molar-refractivity contribution < 1.29 is 8.42 Å². The van der Waals surface area contributed by atoms with Gasteiger partial charge in [0.1, 0.15) is 0 Å².